The molecule has 19 heavy (non-hydrogen) atoms. The Morgan fingerprint density at radius 1 is 1.42 bits per heavy atom. The molecule has 0 aliphatic heterocycles. The number of amides is 1. The van der Waals surface area contributed by atoms with Gasteiger partial charge in [-0.25, -0.2) is 4.79 Å². The van der Waals surface area contributed by atoms with Crippen LogP contribution in [0.4, 0.5) is 4.79 Å². The van der Waals surface area contributed by atoms with Gasteiger partial charge in [0.15, 0.2) is 0 Å². The van der Waals surface area contributed by atoms with Crippen LogP contribution in [0.15, 0.2) is 5.11 Å². The van der Waals surface area contributed by atoms with Crippen molar-refractivity contribution in [2.75, 3.05) is 13.7 Å². The van der Waals surface area contributed by atoms with Crippen LogP contribution in [-0.2, 0) is 14.3 Å². The maximum Gasteiger partial charge on any atom is 0.407 e. The zero-order chi connectivity index (χ0) is 14.9. The highest BCUT2D eigenvalue weighted by Crippen LogP contribution is 2.08. The average Bonchev–Trinajstić information content (AvgIpc) is 2.26. The van der Waals surface area contributed by atoms with Crippen molar-refractivity contribution in [3.63, 3.8) is 0 Å². The fourth-order valence-electron chi connectivity index (χ4n) is 1.24. The topological polar surface area (TPSA) is 113 Å². The van der Waals surface area contributed by atoms with E-state index in [1.54, 1.807) is 20.8 Å². The van der Waals surface area contributed by atoms with Crippen molar-refractivity contribution in [2.24, 2.45) is 5.11 Å². The largest absolute Gasteiger partial charge is 0.469 e. The van der Waals surface area contributed by atoms with Crippen molar-refractivity contribution in [1.82, 2.24) is 5.32 Å². The SMILES string of the molecule is COC(=O)CC(CCN=[N+]=[N-])NC(=O)OC(C)(C)C. The summed E-state index contributed by atoms with van der Waals surface area (Å²) in [6, 6.07) is -0.493. The van der Waals surface area contributed by atoms with Gasteiger partial charge in [-0.1, -0.05) is 5.11 Å². The highest BCUT2D eigenvalue weighted by atomic mass is 16.6. The molecule has 1 atom stereocenters. The predicted octanol–water partition coefficient (Wildman–Crippen LogP) is 2.14. The molecule has 1 N–H and O–H groups in total. The molecule has 0 fully saturated rings. The summed E-state index contributed by atoms with van der Waals surface area (Å²) in [5, 5.41) is 5.92. The highest BCUT2D eigenvalue weighted by Gasteiger charge is 2.21. The van der Waals surface area contributed by atoms with Crippen LogP contribution in [0.3, 0.4) is 0 Å². The Balaban J connectivity index is 4.42. The Morgan fingerprint density at radius 2 is 2.05 bits per heavy atom. The molecule has 0 aliphatic rings. The molecule has 0 aromatic carbocycles. The summed E-state index contributed by atoms with van der Waals surface area (Å²) in [7, 11) is 1.26. The Labute approximate surface area is 112 Å². The summed E-state index contributed by atoms with van der Waals surface area (Å²) in [5.74, 6) is -0.456. The first-order valence-corrected chi connectivity index (χ1v) is 5.85. The summed E-state index contributed by atoms with van der Waals surface area (Å²) >= 11 is 0. The van der Waals surface area contributed by atoms with E-state index in [0.29, 0.717) is 6.42 Å². The van der Waals surface area contributed by atoms with Gasteiger partial charge in [-0.3, -0.25) is 4.79 Å². The Hall–Kier alpha value is -1.95. The lowest BCUT2D eigenvalue weighted by molar-refractivity contribution is -0.141. The smallest absolute Gasteiger partial charge is 0.407 e. The summed E-state index contributed by atoms with van der Waals surface area (Å²) in [4.78, 5) is 25.4. The van der Waals surface area contributed by atoms with Crippen molar-refractivity contribution in [3.05, 3.63) is 10.4 Å². The number of hydrogen-bond acceptors (Lipinski definition) is 5. The zero-order valence-electron chi connectivity index (χ0n) is 11.7. The molecule has 8 nitrogen and oxygen atoms in total. The van der Waals surface area contributed by atoms with Gasteiger partial charge in [0.2, 0.25) is 0 Å². The zero-order valence-corrected chi connectivity index (χ0v) is 11.7. The molecule has 8 heteroatoms. The predicted molar refractivity (Wildman–Crippen MR) is 68.4 cm³/mol. The normalized spacial score (nSPS) is 12.0. The second-order valence-corrected chi connectivity index (χ2v) is 4.87. The molecule has 0 saturated heterocycles. The van der Waals surface area contributed by atoms with Crippen LogP contribution < -0.4 is 5.32 Å². The molecule has 0 radical (unpaired) electrons. The molecule has 108 valence electrons. The van der Waals surface area contributed by atoms with Gasteiger partial charge < -0.3 is 14.8 Å². The molecular weight excluding hydrogens is 252 g/mol. The summed E-state index contributed by atoms with van der Waals surface area (Å²) < 4.78 is 9.62. The van der Waals surface area contributed by atoms with E-state index in [1.165, 1.54) is 7.11 Å². The third-order valence-corrected chi connectivity index (χ3v) is 2.00. The molecule has 0 rings (SSSR count). The number of esters is 1. The van der Waals surface area contributed by atoms with Crippen molar-refractivity contribution < 1.29 is 19.1 Å². The van der Waals surface area contributed by atoms with Gasteiger partial charge in [0.1, 0.15) is 5.60 Å². The minimum atomic E-state index is -0.623. The van der Waals surface area contributed by atoms with Gasteiger partial charge in [0, 0.05) is 17.5 Å². The maximum atomic E-state index is 11.6. The van der Waals surface area contributed by atoms with E-state index in [4.69, 9.17) is 10.3 Å². The lowest BCUT2D eigenvalue weighted by atomic mass is 10.1. The van der Waals surface area contributed by atoms with E-state index in [1.807, 2.05) is 0 Å². The first-order chi connectivity index (χ1) is 8.78. The van der Waals surface area contributed by atoms with E-state index in [0.717, 1.165) is 0 Å². The first-order valence-electron chi connectivity index (χ1n) is 5.85. The van der Waals surface area contributed by atoms with Gasteiger partial charge in [-0.2, -0.15) is 0 Å². The fourth-order valence-corrected chi connectivity index (χ4v) is 1.24. The molecule has 0 aromatic rings. The summed E-state index contributed by atoms with van der Waals surface area (Å²) in [6.45, 7) is 5.39. The number of alkyl carbamates (subject to hydrolysis) is 1. The minimum absolute atomic E-state index is 0.00328. The number of rotatable bonds is 6. The first kappa shape index (κ1) is 17.1. The number of carbonyl (C=O) groups is 2. The quantitative estimate of drug-likeness (QED) is 0.345. The van der Waals surface area contributed by atoms with Gasteiger partial charge >= 0.3 is 12.1 Å². The molecule has 1 unspecified atom stereocenters. The second-order valence-electron chi connectivity index (χ2n) is 4.87. The van der Waals surface area contributed by atoms with Crippen LogP contribution in [-0.4, -0.2) is 37.4 Å². The van der Waals surface area contributed by atoms with Crippen molar-refractivity contribution in [3.8, 4) is 0 Å². The molecule has 0 saturated carbocycles. The van der Waals surface area contributed by atoms with Crippen molar-refractivity contribution in [1.29, 1.82) is 0 Å². The van der Waals surface area contributed by atoms with Crippen molar-refractivity contribution >= 4 is 12.1 Å². The number of carbonyl (C=O) groups excluding carboxylic acids is 2. The van der Waals surface area contributed by atoms with E-state index < -0.39 is 23.7 Å². The lowest BCUT2D eigenvalue weighted by Crippen LogP contribution is -2.40. The van der Waals surface area contributed by atoms with Crippen LogP contribution in [0.5, 0.6) is 0 Å². The highest BCUT2D eigenvalue weighted by molar-refractivity contribution is 5.72. The summed E-state index contributed by atoms with van der Waals surface area (Å²) in [5.41, 5.74) is 7.58. The standard InChI is InChI=1S/C11H20N4O4/c1-11(2,3)19-10(17)14-8(5-6-13-15-12)7-9(16)18-4/h8H,5-7H2,1-4H3,(H,14,17). The van der Waals surface area contributed by atoms with E-state index in [2.05, 4.69) is 20.1 Å². The molecule has 0 spiro atoms. The van der Waals surface area contributed by atoms with Crippen LogP contribution in [0.1, 0.15) is 33.6 Å². The van der Waals surface area contributed by atoms with Gasteiger partial charge in [0.05, 0.1) is 13.5 Å². The number of ether oxygens (including phenoxy) is 2. The number of nitrogens with zero attached hydrogens (tertiary/aromatic N) is 3. The van der Waals surface area contributed by atoms with Crippen molar-refractivity contribution in [2.45, 2.75) is 45.3 Å². The average molecular weight is 272 g/mol. The summed E-state index contributed by atoms with van der Waals surface area (Å²) in [6.07, 6.45) is -0.294. The lowest BCUT2D eigenvalue weighted by Gasteiger charge is -2.23. The van der Waals surface area contributed by atoms with Gasteiger partial charge in [-0.05, 0) is 32.7 Å². The van der Waals surface area contributed by atoms with Gasteiger partial charge in [0.25, 0.3) is 0 Å². The second kappa shape index (κ2) is 8.20. The molecular formula is C11H20N4O4. The van der Waals surface area contributed by atoms with Crippen LogP contribution >= 0.6 is 0 Å². The Bertz CT molecular complexity index is 358. The molecule has 0 aromatic heterocycles. The molecule has 0 heterocycles. The van der Waals surface area contributed by atoms with Crippen LogP contribution in [0.2, 0.25) is 0 Å². The Kier molecular flexibility index (Phi) is 7.36. The monoisotopic (exact) mass is 272 g/mol. The molecule has 0 aliphatic carbocycles. The minimum Gasteiger partial charge on any atom is -0.469 e. The van der Waals surface area contributed by atoms with Crippen LogP contribution in [0.25, 0.3) is 10.4 Å². The fraction of sp³-hybridized carbons (Fsp3) is 0.818. The number of hydrogen-bond donors (Lipinski definition) is 1. The van der Waals surface area contributed by atoms with E-state index in [9.17, 15) is 9.59 Å². The van der Waals surface area contributed by atoms with E-state index >= 15 is 0 Å². The third-order valence-electron chi connectivity index (χ3n) is 2.00. The Morgan fingerprint density at radius 3 is 2.53 bits per heavy atom. The number of azide groups is 1. The van der Waals surface area contributed by atoms with Crippen LogP contribution in [0, 0.1) is 0 Å². The maximum absolute atomic E-state index is 11.6. The number of nitrogens with one attached hydrogen (secondary N) is 1. The third kappa shape index (κ3) is 9.72. The van der Waals surface area contributed by atoms with Gasteiger partial charge in [-0.15, -0.1) is 0 Å². The molecule has 0 bridgehead atoms. The molecule has 1 amide bonds. The number of methoxy groups -OCH3 is 1. The van der Waals surface area contributed by atoms with E-state index in [-0.39, 0.29) is 13.0 Å².